The molecule has 0 bridgehead atoms. The normalized spacial score (nSPS) is 40.1. The summed E-state index contributed by atoms with van der Waals surface area (Å²) >= 11 is 0. The molecule has 6 nitrogen and oxygen atoms in total. The molecule has 1 heterocycles. The molecule has 0 aromatic heterocycles. The molecule has 17 heavy (non-hydrogen) atoms. The number of aliphatic hydroxyl groups is 4. The van der Waals surface area contributed by atoms with Gasteiger partial charge in [-0.25, -0.2) is 0 Å². The summed E-state index contributed by atoms with van der Waals surface area (Å²) in [6, 6.07) is -1.12. The highest BCUT2D eigenvalue weighted by Gasteiger charge is 2.56. The maximum absolute atomic E-state index is 9.76. The molecule has 1 aliphatic heterocycles. The number of nitrogens with two attached hydrogens (primary N) is 1. The van der Waals surface area contributed by atoms with Gasteiger partial charge in [-0.3, -0.25) is 0 Å². The summed E-state index contributed by atoms with van der Waals surface area (Å²) in [6.45, 7) is -0.453. The van der Waals surface area contributed by atoms with Crippen molar-refractivity contribution in [3.63, 3.8) is 0 Å². The lowest BCUT2D eigenvalue weighted by atomic mass is 9.99. The van der Waals surface area contributed by atoms with Crippen LogP contribution in [0.3, 0.4) is 0 Å². The summed E-state index contributed by atoms with van der Waals surface area (Å²) in [5.74, 6) is 0. The fourth-order valence-corrected chi connectivity index (χ4v) is 2.23. The fourth-order valence-electron chi connectivity index (χ4n) is 2.23. The highest BCUT2D eigenvalue weighted by Crippen LogP contribution is 2.40. The number of rotatable bonds is 3. The fraction of sp³-hybridized carbons (Fsp3) is 1.00. The minimum Gasteiger partial charge on any atom is -0.394 e. The summed E-state index contributed by atoms with van der Waals surface area (Å²) in [4.78, 5) is 0. The summed E-state index contributed by atoms with van der Waals surface area (Å²) in [7, 11) is 0. The molecule has 7 N–H and O–H groups in total. The van der Waals surface area contributed by atoms with E-state index in [4.69, 9.17) is 10.8 Å². The summed E-state index contributed by atoms with van der Waals surface area (Å²) < 4.78 is 0. The van der Waals surface area contributed by atoms with E-state index in [0.29, 0.717) is 0 Å². The zero-order valence-electron chi connectivity index (χ0n) is 9.19. The van der Waals surface area contributed by atoms with Crippen LogP contribution >= 0.6 is 24.8 Å². The second kappa shape index (κ2) is 5.99. The van der Waals surface area contributed by atoms with Gasteiger partial charge in [-0.05, 0) is 12.8 Å². The van der Waals surface area contributed by atoms with E-state index in [-0.39, 0.29) is 24.8 Å². The van der Waals surface area contributed by atoms with E-state index < -0.39 is 42.5 Å². The molecule has 0 aromatic rings. The van der Waals surface area contributed by atoms with Crippen molar-refractivity contribution in [1.29, 1.82) is 0 Å². The van der Waals surface area contributed by atoms with Crippen molar-refractivity contribution in [2.24, 2.45) is 5.73 Å². The third-order valence-corrected chi connectivity index (χ3v) is 3.48. The lowest BCUT2D eigenvalue weighted by molar-refractivity contribution is -0.0142. The SMILES string of the molecule is Cl.Cl.NC1(C2N[C@@H]([C@H](O)CO)[C@H](O)[C@@H]2O)CC1. The first-order valence-electron chi connectivity index (χ1n) is 5.19. The Morgan fingerprint density at radius 3 is 2.18 bits per heavy atom. The molecule has 0 amide bonds. The van der Waals surface area contributed by atoms with Crippen LogP contribution < -0.4 is 11.1 Å². The van der Waals surface area contributed by atoms with E-state index in [2.05, 4.69) is 5.32 Å². The second-order valence-electron chi connectivity index (χ2n) is 4.63. The summed E-state index contributed by atoms with van der Waals surface area (Å²) in [5, 5.41) is 40.6. The van der Waals surface area contributed by atoms with Crippen LogP contribution in [0.1, 0.15) is 12.8 Å². The zero-order valence-corrected chi connectivity index (χ0v) is 10.8. The van der Waals surface area contributed by atoms with Gasteiger partial charge in [0.25, 0.3) is 0 Å². The molecule has 104 valence electrons. The van der Waals surface area contributed by atoms with Crippen LogP contribution in [0, 0.1) is 0 Å². The van der Waals surface area contributed by atoms with Gasteiger partial charge in [0.2, 0.25) is 0 Å². The van der Waals surface area contributed by atoms with Crippen LogP contribution in [0.2, 0.25) is 0 Å². The lowest BCUT2D eigenvalue weighted by Crippen LogP contribution is -2.51. The molecule has 1 unspecified atom stereocenters. The topological polar surface area (TPSA) is 119 Å². The van der Waals surface area contributed by atoms with Crippen LogP contribution in [-0.2, 0) is 0 Å². The van der Waals surface area contributed by atoms with Gasteiger partial charge in [-0.1, -0.05) is 0 Å². The van der Waals surface area contributed by atoms with Gasteiger partial charge < -0.3 is 31.5 Å². The molecule has 2 rings (SSSR count). The molecule has 0 radical (unpaired) electrons. The zero-order chi connectivity index (χ0) is 11.2. The Morgan fingerprint density at radius 1 is 1.24 bits per heavy atom. The first-order chi connectivity index (χ1) is 6.99. The van der Waals surface area contributed by atoms with Crippen molar-refractivity contribution in [3.05, 3.63) is 0 Å². The van der Waals surface area contributed by atoms with Crippen molar-refractivity contribution in [3.8, 4) is 0 Å². The molecular formula is C9H20Cl2N2O4. The van der Waals surface area contributed by atoms with E-state index in [1.807, 2.05) is 0 Å². The monoisotopic (exact) mass is 290 g/mol. The van der Waals surface area contributed by atoms with Gasteiger partial charge in [-0.15, -0.1) is 24.8 Å². The molecule has 0 spiro atoms. The van der Waals surface area contributed by atoms with Gasteiger partial charge >= 0.3 is 0 Å². The van der Waals surface area contributed by atoms with Gasteiger partial charge in [0, 0.05) is 5.54 Å². The molecule has 1 saturated carbocycles. The Kier molecular flexibility index (Phi) is 6.11. The minimum absolute atomic E-state index is 0. The molecule has 8 heteroatoms. The number of hydrogen-bond acceptors (Lipinski definition) is 6. The summed E-state index contributed by atoms with van der Waals surface area (Å²) in [5.41, 5.74) is 5.46. The third kappa shape index (κ3) is 3.02. The van der Waals surface area contributed by atoms with E-state index in [1.165, 1.54) is 0 Å². The van der Waals surface area contributed by atoms with Crippen molar-refractivity contribution < 1.29 is 20.4 Å². The second-order valence-corrected chi connectivity index (χ2v) is 4.63. The van der Waals surface area contributed by atoms with Gasteiger partial charge in [0.1, 0.15) is 0 Å². The van der Waals surface area contributed by atoms with E-state index in [0.717, 1.165) is 12.8 Å². The van der Waals surface area contributed by atoms with Crippen LogP contribution in [0.15, 0.2) is 0 Å². The van der Waals surface area contributed by atoms with Crippen molar-refractivity contribution >= 4 is 24.8 Å². The Morgan fingerprint density at radius 2 is 1.76 bits per heavy atom. The molecule has 1 aliphatic carbocycles. The summed E-state index contributed by atoms with van der Waals surface area (Å²) in [6.07, 6.45) is -1.55. The highest BCUT2D eigenvalue weighted by atomic mass is 35.5. The average Bonchev–Trinajstić information content (AvgIpc) is 2.88. The quantitative estimate of drug-likeness (QED) is 0.349. The van der Waals surface area contributed by atoms with Gasteiger partial charge in [0.05, 0.1) is 37.0 Å². The molecule has 2 fully saturated rings. The van der Waals surface area contributed by atoms with E-state index in [9.17, 15) is 15.3 Å². The average molecular weight is 291 g/mol. The first kappa shape index (κ1) is 17.3. The standard InChI is InChI=1S/C9H18N2O4.2ClH/c10-9(1-2-9)8-7(15)6(14)5(11-8)4(13)3-12;;/h4-8,11-15H,1-3,10H2;2*1H/t4-,5+,6+,7+,8?;;/m1../s1. The molecule has 1 saturated heterocycles. The predicted molar refractivity (Wildman–Crippen MR) is 66.5 cm³/mol. The Labute approximate surface area is 112 Å². The van der Waals surface area contributed by atoms with Crippen molar-refractivity contribution in [1.82, 2.24) is 5.32 Å². The smallest absolute Gasteiger partial charge is 0.0993 e. The van der Waals surface area contributed by atoms with Crippen LogP contribution in [0.4, 0.5) is 0 Å². The maximum atomic E-state index is 9.76. The Hall–Kier alpha value is 0.340. The lowest BCUT2D eigenvalue weighted by Gasteiger charge is -2.22. The maximum Gasteiger partial charge on any atom is 0.0993 e. The van der Waals surface area contributed by atoms with Gasteiger partial charge in [-0.2, -0.15) is 0 Å². The highest BCUT2D eigenvalue weighted by molar-refractivity contribution is 5.85. The van der Waals surface area contributed by atoms with Crippen molar-refractivity contribution in [2.75, 3.05) is 6.61 Å². The van der Waals surface area contributed by atoms with E-state index in [1.54, 1.807) is 0 Å². The number of hydrogen-bond donors (Lipinski definition) is 6. The largest absolute Gasteiger partial charge is 0.394 e. The number of halogens is 2. The van der Waals surface area contributed by atoms with E-state index >= 15 is 0 Å². The molecule has 0 aromatic carbocycles. The van der Waals surface area contributed by atoms with Crippen LogP contribution in [0.5, 0.6) is 0 Å². The van der Waals surface area contributed by atoms with Gasteiger partial charge in [0.15, 0.2) is 0 Å². The Balaban J connectivity index is 0.00000128. The van der Waals surface area contributed by atoms with Crippen LogP contribution in [0.25, 0.3) is 0 Å². The molecule has 2 aliphatic rings. The predicted octanol–water partition coefficient (Wildman–Crippen LogP) is -2.26. The molecule has 5 atom stereocenters. The van der Waals surface area contributed by atoms with Crippen molar-refractivity contribution in [2.45, 2.75) is 48.8 Å². The Bertz CT molecular complexity index is 255. The molecular weight excluding hydrogens is 271 g/mol. The first-order valence-corrected chi connectivity index (χ1v) is 5.19. The third-order valence-electron chi connectivity index (χ3n) is 3.48. The minimum atomic E-state index is -1.09. The van der Waals surface area contributed by atoms with Crippen LogP contribution in [-0.4, -0.2) is 63.0 Å². The number of aliphatic hydroxyl groups excluding tert-OH is 4. The number of nitrogens with one attached hydrogen (secondary N) is 1.